The summed E-state index contributed by atoms with van der Waals surface area (Å²) in [5, 5.41) is 0. The Bertz CT molecular complexity index is 1010. The number of carbonyl (C=O) groups is 1. The van der Waals surface area contributed by atoms with Crippen LogP contribution < -0.4 is 9.80 Å². The van der Waals surface area contributed by atoms with Crippen LogP contribution >= 0.6 is 0 Å². The Morgan fingerprint density at radius 1 is 1.15 bits per heavy atom. The zero-order valence-electron chi connectivity index (χ0n) is 20.4. The van der Waals surface area contributed by atoms with E-state index in [1.54, 1.807) is 12.1 Å². The zero-order chi connectivity index (χ0) is 23.7. The first kappa shape index (κ1) is 23.2. The highest BCUT2D eigenvalue weighted by Crippen LogP contribution is 2.50. The van der Waals surface area contributed by atoms with Crippen molar-refractivity contribution in [1.82, 2.24) is 4.90 Å². The second-order valence-corrected chi connectivity index (χ2v) is 10.0. The number of esters is 1. The van der Waals surface area contributed by atoms with Crippen molar-refractivity contribution in [3.63, 3.8) is 0 Å². The monoisotopic (exact) mass is 465 g/mol. The molecule has 0 radical (unpaired) electrons. The molecule has 6 heteroatoms. The first-order valence-electron chi connectivity index (χ1n) is 12.8. The molecule has 1 fully saturated rings. The lowest BCUT2D eigenvalue weighted by Crippen LogP contribution is -2.49. The van der Waals surface area contributed by atoms with Crippen molar-refractivity contribution in [1.29, 1.82) is 0 Å². The number of ether oxygens (including phenoxy) is 1. The van der Waals surface area contributed by atoms with Crippen LogP contribution in [0.4, 0.5) is 15.8 Å². The van der Waals surface area contributed by atoms with Crippen LogP contribution in [0.1, 0.15) is 62.2 Å². The summed E-state index contributed by atoms with van der Waals surface area (Å²) in [6, 6.07) is 13.8. The van der Waals surface area contributed by atoms with E-state index in [1.807, 2.05) is 6.92 Å². The lowest BCUT2D eigenvalue weighted by Gasteiger charge is -2.41. The third kappa shape index (κ3) is 4.52. The zero-order valence-corrected chi connectivity index (χ0v) is 20.4. The van der Waals surface area contributed by atoms with Gasteiger partial charge in [0.05, 0.1) is 11.4 Å². The fourth-order valence-electron chi connectivity index (χ4n) is 6.07. The van der Waals surface area contributed by atoms with Gasteiger partial charge in [-0.2, -0.15) is 0 Å². The number of rotatable bonds is 8. The van der Waals surface area contributed by atoms with E-state index in [0.29, 0.717) is 18.4 Å². The largest absolute Gasteiger partial charge is 0.457 e. The molecule has 2 aromatic carbocycles. The lowest BCUT2D eigenvalue weighted by molar-refractivity contribution is -0.150. The average molecular weight is 466 g/mol. The topological polar surface area (TPSA) is 36.0 Å². The van der Waals surface area contributed by atoms with Gasteiger partial charge in [0, 0.05) is 51.6 Å². The molecule has 0 N–H and O–H groups in total. The fourth-order valence-corrected chi connectivity index (χ4v) is 6.07. The van der Waals surface area contributed by atoms with Gasteiger partial charge in [-0.25, -0.2) is 4.39 Å². The van der Waals surface area contributed by atoms with Crippen LogP contribution in [0.5, 0.6) is 0 Å². The third-order valence-electron chi connectivity index (χ3n) is 7.79. The SMILES string of the molecule is CCCC(=O)O[C@H](CCCN1CC[C@H]2[C@@H](C1)c1cccc3c1N2CCN3C)c1ccc(F)cc1. The predicted molar refractivity (Wildman–Crippen MR) is 134 cm³/mol. The normalized spacial score (nSPS) is 22.3. The van der Waals surface area contributed by atoms with Gasteiger partial charge in [-0.05, 0) is 61.6 Å². The Hall–Kier alpha value is -2.60. The summed E-state index contributed by atoms with van der Waals surface area (Å²) in [5.41, 5.74) is 5.23. The summed E-state index contributed by atoms with van der Waals surface area (Å²) in [7, 11) is 2.20. The van der Waals surface area contributed by atoms with Gasteiger partial charge in [0.1, 0.15) is 11.9 Å². The highest BCUT2D eigenvalue weighted by Gasteiger charge is 2.44. The van der Waals surface area contributed by atoms with Crippen molar-refractivity contribution in [2.45, 2.75) is 57.1 Å². The predicted octanol–water partition coefficient (Wildman–Crippen LogP) is 5.12. The second kappa shape index (κ2) is 9.95. The van der Waals surface area contributed by atoms with E-state index < -0.39 is 0 Å². The molecule has 3 aliphatic rings. The van der Waals surface area contributed by atoms with Gasteiger partial charge < -0.3 is 19.4 Å². The minimum atomic E-state index is -0.313. The van der Waals surface area contributed by atoms with Crippen molar-refractivity contribution >= 4 is 17.3 Å². The molecular formula is C28H36FN3O2. The Labute approximate surface area is 202 Å². The molecular weight excluding hydrogens is 429 g/mol. The van der Waals surface area contributed by atoms with Crippen LogP contribution in [0.2, 0.25) is 0 Å². The molecule has 0 aromatic heterocycles. The average Bonchev–Trinajstić information content (AvgIpc) is 3.16. The number of nitrogens with zero attached hydrogens (tertiary/aromatic N) is 3. The number of benzene rings is 2. The molecule has 5 nitrogen and oxygen atoms in total. The van der Waals surface area contributed by atoms with Gasteiger partial charge >= 0.3 is 5.97 Å². The number of carbonyl (C=O) groups excluding carboxylic acids is 1. The molecule has 3 heterocycles. The molecule has 5 rings (SSSR count). The molecule has 3 atom stereocenters. The van der Waals surface area contributed by atoms with Crippen LogP contribution in [0, 0.1) is 5.82 Å². The van der Waals surface area contributed by atoms with Crippen molar-refractivity contribution in [2.75, 3.05) is 49.6 Å². The third-order valence-corrected chi connectivity index (χ3v) is 7.79. The molecule has 3 aliphatic heterocycles. The molecule has 2 aromatic rings. The van der Waals surface area contributed by atoms with Crippen molar-refractivity contribution in [2.24, 2.45) is 0 Å². The number of fused-ring (bicyclic) bond motifs is 3. The van der Waals surface area contributed by atoms with E-state index in [2.05, 4.69) is 39.9 Å². The van der Waals surface area contributed by atoms with Crippen molar-refractivity contribution in [3.8, 4) is 0 Å². The molecule has 0 aliphatic carbocycles. The highest BCUT2D eigenvalue weighted by atomic mass is 19.1. The maximum absolute atomic E-state index is 13.4. The molecule has 0 bridgehead atoms. The fraction of sp³-hybridized carbons (Fsp3) is 0.536. The van der Waals surface area contributed by atoms with Crippen LogP contribution in [0.25, 0.3) is 0 Å². The Balaban J connectivity index is 1.22. The molecule has 0 saturated carbocycles. The first-order valence-corrected chi connectivity index (χ1v) is 12.8. The van der Waals surface area contributed by atoms with E-state index in [4.69, 9.17) is 4.74 Å². The smallest absolute Gasteiger partial charge is 0.306 e. The van der Waals surface area contributed by atoms with E-state index >= 15 is 0 Å². The molecule has 34 heavy (non-hydrogen) atoms. The van der Waals surface area contributed by atoms with Crippen LogP contribution in [-0.4, -0.2) is 56.7 Å². The molecule has 0 spiro atoms. The summed E-state index contributed by atoms with van der Waals surface area (Å²) in [4.78, 5) is 19.8. The molecule has 0 unspecified atom stereocenters. The minimum Gasteiger partial charge on any atom is -0.457 e. The molecule has 0 amide bonds. The van der Waals surface area contributed by atoms with Crippen LogP contribution in [0.15, 0.2) is 42.5 Å². The Morgan fingerprint density at radius 2 is 1.97 bits per heavy atom. The van der Waals surface area contributed by atoms with Crippen LogP contribution in [0.3, 0.4) is 0 Å². The number of halogens is 1. The number of hydrogen-bond acceptors (Lipinski definition) is 5. The van der Waals surface area contributed by atoms with E-state index in [0.717, 1.165) is 57.5 Å². The summed E-state index contributed by atoms with van der Waals surface area (Å²) in [6.45, 7) is 7.35. The number of para-hydroxylation sites is 1. The second-order valence-electron chi connectivity index (χ2n) is 10.0. The maximum Gasteiger partial charge on any atom is 0.306 e. The van der Waals surface area contributed by atoms with Gasteiger partial charge in [0.2, 0.25) is 0 Å². The van der Waals surface area contributed by atoms with Gasteiger partial charge in [-0.1, -0.05) is 31.2 Å². The van der Waals surface area contributed by atoms with E-state index in [-0.39, 0.29) is 17.9 Å². The summed E-state index contributed by atoms with van der Waals surface area (Å²) >= 11 is 0. The summed E-state index contributed by atoms with van der Waals surface area (Å²) in [6.07, 6.45) is 3.75. The van der Waals surface area contributed by atoms with Crippen molar-refractivity contribution < 1.29 is 13.9 Å². The van der Waals surface area contributed by atoms with E-state index in [9.17, 15) is 9.18 Å². The number of anilines is 2. The van der Waals surface area contributed by atoms with Crippen LogP contribution in [-0.2, 0) is 9.53 Å². The van der Waals surface area contributed by atoms with Gasteiger partial charge in [-0.15, -0.1) is 0 Å². The number of hydrogen-bond donors (Lipinski definition) is 0. The Kier molecular flexibility index (Phi) is 6.77. The quantitative estimate of drug-likeness (QED) is 0.506. The van der Waals surface area contributed by atoms with Gasteiger partial charge in [0.25, 0.3) is 0 Å². The van der Waals surface area contributed by atoms with E-state index in [1.165, 1.54) is 35.5 Å². The number of piperidine rings is 1. The maximum atomic E-state index is 13.4. The van der Waals surface area contributed by atoms with Gasteiger partial charge in [-0.3, -0.25) is 4.79 Å². The van der Waals surface area contributed by atoms with Crippen molar-refractivity contribution in [3.05, 3.63) is 59.4 Å². The molecule has 182 valence electrons. The van der Waals surface area contributed by atoms with Gasteiger partial charge in [0.15, 0.2) is 0 Å². The molecule has 1 saturated heterocycles. The Morgan fingerprint density at radius 3 is 2.76 bits per heavy atom. The highest BCUT2D eigenvalue weighted by molar-refractivity contribution is 5.80. The standard InChI is InChI=1S/C28H36FN3O2/c1-3-6-27(33)34-26(20-10-12-21(29)13-11-20)9-5-15-31-16-14-24-23(19-31)22-7-4-8-25-28(22)32(24)18-17-30(25)2/h4,7-8,10-13,23-24,26H,3,5-6,9,14-19H2,1-2H3/t23-,24-,26+/m0/s1. The minimum absolute atomic E-state index is 0.174. The number of likely N-dealkylation sites (tertiary alicyclic amines) is 1. The first-order chi connectivity index (χ1) is 16.5. The lowest BCUT2D eigenvalue weighted by atomic mass is 9.89. The summed E-state index contributed by atoms with van der Waals surface area (Å²) < 4.78 is 19.2. The summed E-state index contributed by atoms with van der Waals surface area (Å²) in [5.74, 6) is 0.117. The number of likely N-dealkylation sites (N-methyl/N-ethyl adjacent to an activating group) is 1.